The van der Waals surface area contributed by atoms with Gasteiger partial charge in [0.05, 0.1) is 0 Å². The molecule has 0 N–H and O–H groups in total. The third-order valence-corrected chi connectivity index (χ3v) is 4.43. The van der Waals surface area contributed by atoms with Gasteiger partial charge in [-0.2, -0.15) is 0 Å². The van der Waals surface area contributed by atoms with Crippen molar-refractivity contribution in [3.63, 3.8) is 0 Å². The number of likely N-dealkylation sites (tertiary alicyclic amines) is 2. The second-order valence-corrected chi connectivity index (χ2v) is 6.03. The smallest absolute Gasteiger partial charge is 0.135 e. The fourth-order valence-corrected chi connectivity index (χ4v) is 3.22. The van der Waals surface area contributed by atoms with Crippen LogP contribution in [0.2, 0.25) is 0 Å². The summed E-state index contributed by atoms with van der Waals surface area (Å²) < 4.78 is 0. The molecule has 0 aliphatic carbocycles. The highest BCUT2D eigenvalue weighted by atomic mass is 16.1. The minimum absolute atomic E-state index is 0.237. The Kier molecular flexibility index (Phi) is 5.64. The zero-order valence-electron chi connectivity index (χ0n) is 11.9. The topological polar surface area (TPSA) is 23.6 Å². The van der Waals surface area contributed by atoms with Crippen LogP contribution in [0.1, 0.15) is 45.4 Å². The van der Waals surface area contributed by atoms with Crippen LogP contribution in [0.4, 0.5) is 0 Å². The summed E-state index contributed by atoms with van der Waals surface area (Å²) >= 11 is 0. The lowest BCUT2D eigenvalue weighted by molar-refractivity contribution is -0.122. The molecule has 104 valence electrons. The summed E-state index contributed by atoms with van der Waals surface area (Å²) in [6.45, 7) is 8.55. The third kappa shape index (κ3) is 4.36. The Morgan fingerprint density at radius 3 is 1.56 bits per heavy atom. The zero-order valence-corrected chi connectivity index (χ0v) is 11.9. The van der Waals surface area contributed by atoms with Crippen molar-refractivity contribution < 1.29 is 4.79 Å². The molecule has 2 aliphatic rings. The van der Waals surface area contributed by atoms with Gasteiger partial charge in [-0.25, -0.2) is 0 Å². The molecule has 0 spiro atoms. The number of nitrogens with zero attached hydrogens (tertiary/aromatic N) is 2. The van der Waals surface area contributed by atoms with Gasteiger partial charge in [0.2, 0.25) is 0 Å². The molecule has 2 saturated heterocycles. The van der Waals surface area contributed by atoms with Crippen LogP contribution in [0.5, 0.6) is 0 Å². The summed E-state index contributed by atoms with van der Waals surface area (Å²) in [5, 5.41) is 0. The van der Waals surface area contributed by atoms with Crippen LogP contribution < -0.4 is 0 Å². The predicted octanol–water partition coefficient (Wildman–Crippen LogP) is 2.16. The van der Waals surface area contributed by atoms with E-state index in [-0.39, 0.29) is 5.92 Å². The fourth-order valence-electron chi connectivity index (χ4n) is 3.22. The van der Waals surface area contributed by atoms with Crippen LogP contribution in [0.15, 0.2) is 0 Å². The maximum Gasteiger partial charge on any atom is 0.135 e. The number of Topliss-reactive ketones (excluding diaryl/α,β-unsaturated/α-hetero) is 1. The molecule has 0 aromatic rings. The minimum atomic E-state index is 0.237. The van der Waals surface area contributed by atoms with Crippen molar-refractivity contribution in [1.82, 2.24) is 9.80 Å². The van der Waals surface area contributed by atoms with E-state index in [9.17, 15) is 4.79 Å². The van der Waals surface area contributed by atoms with Gasteiger partial charge >= 0.3 is 0 Å². The van der Waals surface area contributed by atoms with Crippen LogP contribution in [-0.2, 0) is 4.79 Å². The number of ketones is 1. The molecule has 0 unspecified atom stereocenters. The van der Waals surface area contributed by atoms with Crippen molar-refractivity contribution in [3.05, 3.63) is 0 Å². The van der Waals surface area contributed by atoms with Crippen LogP contribution in [0.3, 0.4) is 0 Å². The standard InChI is InChI=1S/C15H28N2O/c1-14(18)15(12-16-8-4-2-5-9-16)13-17-10-6-3-7-11-17/h15H,2-13H2,1H3. The van der Waals surface area contributed by atoms with E-state index in [1.54, 1.807) is 6.92 Å². The highest BCUT2D eigenvalue weighted by molar-refractivity contribution is 5.78. The lowest BCUT2D eigenvalue weighted by Crippen LogP contribution is -2.43. The molecule has 3 nitrogen and oxygen atoms in total. The van der Waals surface area contributed by atoms with Crippen LogP contribution in [0.25, 0.3) is 0 Å². The second kappa shape index (κ2) is 7.25. The first-order valence-electron chi connectivity index (χ1n) is 7.71. The van der Waals surface area contributed by atoms with E-state index in [1.807, 2.05) is 0 Å². The van der Waals surface area contributed by atoms with E-state index in [1.165, 1.54) is 64.7 Å². The average Bonchev–Trinajstić information content (AvgIpc) is 2.40. The maximum absolute atomic E-state index is 11.8. The van der Waals surface area contributed by atoms with Crippen LogP contribution in [-0.4, -0.2) is 54.9 Å². The van der Waals surface area contributed by atoms with E-state index < -0.39 is 0 Å². The first-order chi connectivity index (χ1) is 8.75. The molecule has 0 aromatic heterocycles. The summed E-state index contributed by atoms with van der Waals surface area (Å²) in [5.41, 5.74) is 0. The van der Waals surface area contributed by atoms with E-state index in [0.29, 0.717) is 5.78 Å². The van der Waals surface area contributed by atoms with E-state index in [4.69, 9.17) is 0 Å². The first kappa shape index (κ1) is 14.0. The Hall–Kier alpha value is -0.410. The Morgan fingerprint density at radius 1 is 0.833 bits per heavy atom. The number of carbonyl (C=O) groups excluding carboxylic acids is 1. The molecule has 2 rings (SSSR count). The van der Waals surface area contributed by atoms with Crippen molar-refractivity contribution in [1.29, 1.82) is 0 Å². The Labute approximate surface area is 112 Å². The summed E-state index contributed by atoms with van der Waals surface area (Å²) in [5.74, 6) is 0.618. The summed E-state index contributed by atoms with van der Waals surface area (Å²) in [6, 6.07) is 0. The number of hydrogen-bond acceptors (Lipinski definition) is 3. The van der Waals surface area contributed by atoms with Gasteiger partial charge < -0.3 is 9.80 Å². The van der Waals surface area contributed by atoms with Crippen molar-refractivity contribution in [2.24, 2.45) is 5.92 Å². The molecule has 2 heterocycles. The molecule has 18 heavy (non-hydrogen) atoms. The minimum Gasteiger partial charge on any atom is -0.303 e. The lowest BCUT2D eigenvalue weighted by Gasteiger charge is -2.33. The van der Waals surface area contributed by atoms with Gasteiger partial charge in [-0.05, 0) is 58.8 Å². The second-order valence-electron chi connectivity index (χ2n) is 6.03. The number of hydrogen-bond donors (Lipinski definition) is 0. The molecule has 2 aliphatic heterocycles. The van der Waals surface area contributed by atoms with Crippen molar-refractivity contribution in [2.75, 3.05) is 39.3 Å². The molecular weight excluding hydrogens is 224 g/mol. The summed E-state index contributed by atoms with van der Waals surface area (Å²) in [6.07, 6.45) is 7.99. The Morgan fingerprint density at radius 2 is 1.22 bits per heavy atom. The highest BCUT2D eigenvalue weighted by Crippen LogP contribution is 2.15. The predicted molar refractivity (Wildman–Crippen MR) is 74.8 cm³/mol. The van der Waals surface area contributed by atoms with Crippen molar-refractivity contribution in [2.45, 2.75) is 45.4 Å². The molecule has 0 aromatic carbocycles. The Balaban J connectivity index is 1.80. The number of piperidine rings is 2. The maximum atomic E-state index is 11.8. The van der Waals surface area contributed by atoms with Crippen molar-refractivity contribution in [3.8, 4) is 0 Å². The van der Waals surface area contributed by atoms with E-state index in [2.05, 4.69) is 9.80 Å². The van der Waals surface area contributed by atoms with Gasteiger partial charge in [0.15, 0.2) is 0 Å². The van der Waals surface area contributed by atoms with Gasteiger partial charge in [-0.3, -0.25) is 4.79 Å². The SMILES string of the molecule is CC(=O)C(CN1CCCCC1)CN1CCCCC1. The van der Waals surface area contributed by atoms with Gasteiger partial charge in [0, 0.05) is 19.0 Å². The van der Waals surface area contributed by atoms with Crippen molar-refractivity contribution >= 4 is 5.78 Å². The van der Waals surface area contributed by atoms with E-state index in [0.717, 1.165) is 13.1 Å². The normalized spacial score (nSPS) is 23.4. The van der Waals surface area contributed by atoms with Gasteiger partial charge in [0.1, 0.15) is 5.78 Å². The number of carbonyl (C=O) groups is 1. The summed E-state index contributed by atoms with van der Waals surface area (Å²) in [4.78, 5) is 16.8. The highest BCUT2D eigenvalue weighted by Gasteiger charge is 2.23. The third-order valence-electron chi connectivity index (χ3n) is 4.43. The molecule has 2 fully saturated rings. The number of rotatable bonds is 5. The molecule has 0 atom stereocenters. The lowest BCUT2D eigenvalue weighted by atomic mass is 10.0. The van der Waals surface area contributed by atoms with Gasteiger partial charge in [-0.15, -0.1) is 0 Å². The average molecular weight is 252 g/mol. The Bertz CT molecular complexity index is 235. The molecule has 0 amide bonds. The summed E-state index contributed by atoms with van der Waals surface area (Å²) in [7, 11) is 0. The molecule has 3 heteroatoms. The van der Waals surface area contributed by atoms with E-state index >= 15 is 0 Å². The first-order valence-corrected chi connectivity index (χ1v) is 7.71. The van der Waals surface area contributed by atoms with Gasteiger partial charge in [-0.1, -0.05) is 12.8 Å². The molecular formula is C15H28N2O. The zero-order chi connectivity index (χ0) is 12.8. The van der Waals surface area contributed by atoms with Crippen LogP contribution in [0, 0.1) is 5.92 Å². The largest absolute Gasteiger partial charge is 0.303 e. The fraction of sp³-hybridized carbons (Fsp3) is 0.933. The van der Waals surface area contributed by atoms with Gasteiger partial charge in [0.25, 0.3) is 0 Å². The quantitative estimate of drug-likeness (QED) is 0.749. The monoisotopic (exact) mass is 252 g/mol. The molecule has 0 radical (unpaired) electrons. The van der Waals surface area contributed by atoms with Crippen LogP contribution >= 0.6 is 0 Å². The molecule has 0 saturated carbocycles. The molecule has 0 bridgehead atoms.